The van der Waals surface area contributed by atoms with Crippen molar-refractivity contribution in [2.45, 2.75) is 43.4 Å². The molecule has 0 aromatic heterocycles. The van der Waals surface area contributed by atoms with E-state index in [0.717, 1.165) is 18.2 Å². The minimum atomic E-state index is -4.75. The van der Waals surface area contributed by atoms with E-state index in [9.17, 15) is 21.6 Å². The minimum absolute atomic E-state index is 0.574. The van der Waals surface area contributed by atoms with Crippen molar-refractivity contribution in [3.63, 3.8) is 0 Å². The molecule has 4 nitrogen and oxygen atoms in total. The topological polar surface area (TPSA) is 72.2 Å². The van der Waals surface area contributed by atoms with Crippen molar-refractivity contribution in [1.82, 2.24) is 4.72 Å². The zero-order valence-corrected chi connectivity index (χ0v) is 12.1. The molecule has 114 valence electrons. The van der Waals surface area contributed by atoms with E-state index in [1.165, 1.54) is 19.9 Å². The van der Waals surface area contributed by atoms with Crippen molar-refractivity contribution in [1.29, 1.82) is 0 Å². The molecular weight excluding hydrogens is 293 g/mol. The van der Waals surface area contributed by atoms with Crippen LogP contribution in [0.2, 0.25) is 0 Å². The highest BCUT2D eigenvalue weighted by atomic mass is 32.2. The molecule has 0 amide bonds. The van der Waals surface area contributed by atoms with Gasteiger partial charge in [0.05, 0.1) is 10.5 Å². The summed E-state index contributed by atoms with van der Waals surface area (Å²) in [5.74, 6) is 0. The first-order chi connectivity index (χ1) is 8.88. The Hall–Kier alpha value is -1.12. The van der Waals surface area contributed by atoms with Crippen LogP contribution in [-0.2, 0) is 16.2 Å². The van der Waals surface area contributed by atoms with E-state index in [4.69, 9.17) is 5.73 Å². The van der Waals surface area contributed by atoms with Crippen molar-refractivity contribution in [3.8, 4) is 0 Å². The van der Waals surface area contributed by atoms with Gasteiger partial charge in [-0.2, -0.15) is 13.2 Å². The molecule has 1 aromatic carbocycles. The molecule has 0 spiro atoms. The molecule has 1 rings (SSSR count). The maximum Gasteiger partial charge on any atom is 0.417 e. The Kier molecular flexibility index (Phi) is 4.52. The average Bonchev–Trinajstić information content (AvgIpc) is 2.26. The number of halogens is 3. The lowest BCUT2D eigenvalue weighted by molar-refractivity contribution is -0.139. The van der Waals surface area contributed by atoms with Crippen molar-refractivity contribution < 1.29 is 21.6 Å². The fourth-order valence-corrected chi connectivity index (χ4v) is 3.15. The summed E-state index contributed by atoms with van der Waals surface area (Å²) in [6.07, 6.45) is -4.75. The minimum Gasteiger partial charge on any atom is -0.326 e. The van der Waals surface area contributed by atoms with Crippen molar-refractivity contribution >= 4 is 10.0 Å². The lowest BCUT2D eigenvalue weighted by Crippen LogP contribution is -2.54. The number of benzene rings is 1. The van der Waals surface area contributed by atoms with Crippen LogP contribution in [0.25, 0.3) is 0 Å². The summed E-state index contributed by atoms with van der Waals surface area (Å²) < 4.78 is 65.1. The van der Waals surface area contributed by atoms with Crippen LogP contribution in [0, 0.1) is 0 Å². The number of nitrogens with two attached hydrogens (primary N) is 1. The number of nitrogens with one attached hydrogen (secondary N) is 1. The third-order valence-electron chi connectivity index (χ3n) is 3.02. The second kappa shape index (κ2) is 5.34. The standard InChI is InChI=1S/C12H17F3N2O2S/c1-8(16)11(2,3)17-20(18,19)10-7-5-4-6-9(10)12(13,14)15/h4-8,17H,16H2,1-3H3. The van der Waals surface area contributed by atoms with E-state index < -0.39 is 38.2 Å². The van der Waals surface area contributed by atoms with Crippen LogP contribution in [-0.4, -0.2) is 20.0 Å². The summed E-state index contributed by atoms with van der Waals surface area (Å²) in [6, 6.07) is 3.45. The van der Waals surface area contributed by atoms with Crippen LogP contribution in [0.3, 0.4) is 0 Å². The number of hydrogen-bond donors (Lipinski definition) is 2. The lowest BCUT2D eigenvalue weighted by atomic mass is 9.99. The quantitative estimate of drug-likeness (QED) is 0.894. The Morgan fingerprint density at radius 1 is 1.20 bits per heavy atom. The van der Waals surface area contributed by atoms with E-state index in [2.05, 4.69) is 4.72 Å². The predicted molar refractivity (Wildman–Crippen MR) is 69.5 cm³/mol. The number of rotatable bonds is 4. The van der Waals surface area contributed by atoms with Gasteiger partial charge >= 0.3 is 6.18 Å². The highest BCUT2D eigenvalue weighted by Crippen LogP contribution is 2.34. The van der Waals surface area contributed by atoms with Crippen LogP contribution in [0.1, 0.15) is 26.3 Å². The van der Waals surface area contributed by atoms with Crippen LogP contribution < -0.4 is 10.5 Å². The van der Waals surface area contributed by atoms with E-state index in [0.29, 0.717) is 0 Å². The molecule has 3 N–H and O–H groups in total. The third-order valence-corrected chi connectivity index (χ3v) is 4.75. The molecule has 1 unspecified atom stereocenters. The zero-order chi connectivity index (χ0) is 15.8. The first kappa shape index (κ1) is 16.9. The van der Waals surface area contributed by atoms with Crippen LogP contribution in [0.4, 0.5) is 13.2 Å². The van der Waals surface area contributed by atoms with Gasteiger partial charge in [0, 0.05) is 11.6 Å². The molecule has 0 fully saturated rings. The van der Waals surface area contributed by atoms with E-state index in [1.54, 1.807) is 6.92 Å². The predicted octanol–water partition coefficient (Wildman–Crippen LogP) is 2.11. The maximum absolute atomic E-state index is 12.9. The Morgan fingerprint density at radius 3 is 2.15 bits per heavy atom. The molecule has 0 heterocycles. The van der Waals surface area contributed by atoms with E-state index in [-0.39, 0.29) is 0 Å². The molecule has 1 aromatic rings. The molecule has 0 aliphatic carbocycles. The van der Waals surface area contributed by atoms with Gasteiger partial charge in [-0.05, 0) is 32.9 Å². The molecule has 0 bridgehead atoms. The number of sulfonamides is 1. The summed E-state index contributed by atoms with van der Waals surface area (Å²) in [5, 5.41) is 0. The average molecular weight is 310 g/mol. The van der Waals surface area contributed by atoms with Crippen LogP contribution in [0.5, 0.6) is 0 Å². The summed E-state index contributed by atoms with van der Waals surface area (Å²) in [7, 11) is -4.33. The Balaban J connectivity index is 3.31. The van der Waals surface area contributed by atoms with Gasteiger partial charge in [0.25, 0.3) is 0 Å². The van der Waals surface area contributed by atoms with E-state index >= 15 is 0 Å². The van der Waals surface area contributed by atoms with Crippen LogP contribution in [0.15, 0.2) is 29.2 Å². The Morgan fingerprint density at radius 2 is 1.70 bits per heavy atom. The van der Waals surface area contributed by atoms with Gasteiger partial charge in [-0.25, -0.2) is 13.1 Å². The van der Waals surface area contributed by atoms with Gasteiger partial charge in [0.2, 0.25) is 10.0 Å². The monoisotopic (exact) mass is 310 g/mol. The number of hydrogen-bond acceptors (Lipinski definition) is 3. The maximum atomic E-state index is 12.9. The molecular formula is C12H17F3N2O2S. The zero-order valence-electron chi connectivity index (χ0n) is 11.3. The summed E-state index contributed by atoms with van der Waals surface area (Å²) in [5.41, 5.74) is 3.36. The molecule has 8 heteroatoms. The van der Waals surface area contributed by atoms with E-state index in [1.807, 2.05) is 0 Å². The fraction of sp³-hybridized carbons (Fsp3) is 0.500. The van der Waals surface area contributed by atoms with Gasteiger partial charge in [-0.15, -0.1) is 0 Å². The highest BCUT2D eigenvalue weighted by molar-refractivity contribution is 7.89. The van der Waals surface area contributed by atoms with Crippen LogP contribution >= 0.6 is 0 Å². The summed E-state index contributed by atoms with van der Waals surface area (Å²) in [4.78, 5) is -0.804. The molecule has 0 radical (unpaired) electrons. The van der Waals surface area contributed by atoms with Gasteiger partial charge in [0.15, 0.2) is 0 Å². The van der Waals surface area contributed by atoms with Crippen molar-refractivity contribution in [2.75, 3.05) is 0 Å². The molecule has 20 heavy (non-hydrogen) atoms. The highest BCUT2D eigenvalue weighted by Gasteiger charge is 2.38. The first-order valence-electron chi connectivity index (χ1n) is 5.84. The Labute approximate surface area is 116 Å². The molecule has 0 saturated heterocycles. The summed E-state index contributed by atoms with van der Waals surface area (Å²) >= 11 is 0. The normalized spacial score (nSPS) is 15.2. The van der Waals surface area contributed by atoms with Gasteiger partial charge in [0.1, 0.15) is 0 Å². The summed E-state index contributed by atoms with van der Waals surface area (Å²) in [6.45, 7) is 4.58. The van der Waals surface area contributed by atoms with Gasteiger partial charge in [-0.3, -0.25) is 0 Å². The lowest BCUT2D eigenvalue weighted by Gasteiger charge is -2.30. The molecule has 0 aliphatic heterocycles. The molecule has 0 saturated carbocycles. The number of alkyl halides is 3. The Bertz CT molecular complexity index is 581. The molecule has 1 atom stereocenters. The fourth-order valence-electron chi connectivity index (χ4n) is 1.43. The van der Waals surface area contributed by atoms with Gasteiger partial charge in [-0.1, -0.05) is 12.1 Å². The smallest absolute Gasteiger partial charge is 0.326 e. The third kappa shape index (κ3) is 3.71. The second-order valence-electron chi connectivity index (χ2n) is 5.11. The van der Waals surface area contributed by atoms with Gasteiger partial charge < -0.3 is 5.73 Å². The molecule has 0 aliphatic rings. The largest absolute Gasteiger partial charge is 0.417 e. The first-order valence-corrected chi connectivity index (χ1v) is 7.32. The van der Waals surface area contributed by atoms with Crippen molar-refractivity contribution in [2.24, 2.45) is 5.73 Å². The van der Waals surface area contributed by atoms with Crippen molar-refractivity contribution in [3.05, 3.63) is 29.8 Å². The second-order valence-corrected chi connectivity index (χ2v) is 6.76. The SMILES string of the molecule is CC(N)C(C)(C)NS(=O)(=O)c1ccccc1C(F)(F)F.